The van der Waals surface area contributed by atoms with Crippen molar-refractivity contribution >= 4 is 22.4 Å². The highest BCUT2D eigenvalue weighted by Gasteiger charge is 2.16. The lowest BCUT2D eigenvalue weighted by Crippen LogP contribution is -2.16. The molecule has 2 heterocycles. The lowest BCUT2D eigenvalue weighted by molar-refractivity contribution is 0.0679. The molecule has 1 amide bonds. The Balaban J connectivity index is 1.35. The van der Waals surface area contributed by atoms with E-state index in [2.05, 4.69) is 10.3 Å². The summed E-state index contributed by atoms with van der Waals surface area (Å²) in [6.07, 6.45) is 2.25. The summed E-state index contributed by atoms with van der Waals surface area (Å²) in [7, 11) is 0. The van der Waals surface area contributed by atoms with Crippen LogP contribution in [0.5, 0.6) is 5.75 Å². The van der Waals surface area contributed by atoms with E-state index in [4.69, 9.17) is 9.47 Å². The molecule has 0 spiro atoms. The number of amides is 1. The van der Waals surface area contributed by atoms with E-state index in [0.29, 0.717) is 28.7 Å². The van der Waals surface area contributed by atoms with Gasteiger partial charge in [-0.3, -0.25) is 10.1 Å². The smallest absolute Gasteiger partial charge is 0.257 e. The monoisotopic (exact) mass is 398 g/mol. The number of nitrogens with one attached hydrogen (secondary N) is 1. The SMILES string of the molecule is O=C(Nc1nc(-c2ccc(F)cc2)cs1)c1ccc(OC[C@@H]2CCCO2)cc1. The van der Waals surface area contributed by atoms with E-state index in [1.165, 1.54) is 23.5 Å². The van der Waals surface area contributed by atoms with Gasteiger partial charge in [0.1, 0.15) is 18.2 Å². The molecule has 5 nitrogen and oxygen atoms in total. The molecule has 1 atom stereocenters. The first-order valence-corrected chi connectivity index (χ1v) is 9.92. The van der Waals surface area contributed by atoms with E-state index in [1.54, 1.807) is 36.4 Å². The molecule has 1 aliphatic rings. The van der Waals surface area contributed by atoms with Crippen LogP contribution in [0.1, 0.15) is 23.2 Å². The van der Waals surface area contributed by atoms with Crippen molar-refractivity contribution in [1.29, 1.82) is 0 Å². The molecule has 0 unspecified atom stereocenters. The largest absolute Gasteiger partial charge is 0.491 e. The van der Waals surface area contributed by atoms with E-state index in [9.17, 15) is 9.18 Å². The van der Waals surface area contributed by atoms with Gasteiger partial charge in [0, 0.05) is 23.1 Å². The summed E-state index contributed by atoms with van der Waals surface area (Å²) in [6, 6.07) is 13.1. The van der Waals surface area contributed by atoms with E-state index >= 15 is 0 Å². The van der Waals surface area contributed by atoms with Crippen LogP contribution in [0, 0.1) is 5.82 Å². The number of carbonyl (C=O) groups is 1. The second-order valence-corrected chi connectivity index (χ2v) is 7.33. The van der Waals surface area contributed by atoms with Gasteiger partial charge < -0.3 is 9.47 Å². The van der Waals surface area contributed by atoms with Gasteiger partial charge >= 0.3 is 0 Å². The van der Waals surface area contributed by atoms with E-state index in [1.807, 2.05) is 5.38 Å². The van der Waals surface area contributed by atoms with E-state index in [0.717, 1.165) is 25.0 Å². The lowest BCUT2D eigenvalue weighted by Gasteiger charge is -2.11. The van der Waals surface area contributed by atoms with Gasteiger partial charge in [-0.1, -0.05) is 0 Å². The molecule has 4 rings (SSSR count). The Morgan fingerprint density at radius 3 is 2.71 bits per heavy atom. The van der Waals surface area contributed by atoms with Gasteiger partial charge in [0.15, 0.2) is 5.13 Å². The molecule has 0 bridgehead atoms. The topological polar surface area (TPSA) is 60.5 Å². The van der Waals surface area contributed by atoms with Crippen molar-refractivity contribution in [3.8, 4) is 17.0 Å². The number of ether oxygens (including phenoxy) is 2. The third-order valence-corrected chi connectivity index (χ3v) is 5.20. The first kappa shape index (κ1) is 18.6. The van der Waals surface area contributed by atoms with Crippen molar-refractivity contribution in [3.05, 3.63) is 65.3 Å². The second-order valence-electron chi connectivity index (χ2n) is 6.47. The zero-order valence-electron chi connectivity index (χ0n) is 15.1. The molecule has 1 aliphatic heterocycles. The minimum atomic E-state index is -0.296. The summed E-state index contributed by atoms with van der Waals surface area (Å²) in [5.41, 5.74) is 2.01. The number of thiazole rings is 1. The van der Waals surface area contributed by atoms with Crippen LogP contribution < -0.4 is 10.1 Å². The van der Waals surface area contributed by atoms with Crippen molar-refractivity contribution in [2.45, 2.75) is 18.9 Å². The van der Waals surface area contributed by atoms with Crippen LogP contribution in [0.4, 0.5) is 9.52 Å². The molecule has 0 aliphatic carbocycles. The first-order chi connectivity index (χ1) is 13.7. The van der Waals surface area contributed by atoms with Crippen LogP contribution in [0.3, 0.4) is 0 Å². The van der Waals surface area contributed by atoms with Gasteiger partial charge in [0.05, 0.1) is 11.8 Å². The number of rotatable bonds is 6. The normalized spacial score (nSPS) is 16.1. The van der Waals surface area contributed by atoms with E-state index < -0.39 is 0 Å². The van der Waals surface area contributed by atoms with Crippen LogP contribution in [-0.4, -0.2) is 30.2 Å². The minimum absolute atomic E-state index is 0.156. The molecular formula is C21H19FN2O3S. The van der Waals surface area contributed by atoms with Gasteiger partial charge in [-0.15, -0.1) is 11.3 Å². The van der Waals surface area contributed by atoms with Crippen molar-refractivity contribution in [3.63, 3.8) is 0 Å². The standard InChI is InChI=1S/C21H19FN2O3S/c22-16-7-3-14(4-8-16)19-13-28-21(23-19)24-20(25)15-5-9-17(10-6-15)27-12-18-2-1-11-26-18/h3-10,13,18H,1-2,11-12H2,(H,23,24,25)/t18-/m0/s1. The molecule has 2 aromatic carbocycles. The number of nitrogens with zero attached hydrogens (tertiary/aromatic N) is 1. The summed E-state index contributed by atoms with van der Waals surface area (Å²) in [5, 5.41) is 5.10. The quantitative estimate of drug-likeness (QED) is 0.650. The highest BCUT2D eigenvalue weighted by molar-refractivity contribution is 7.14. The lowest BCUT2D eigenvalue weighted by atomic mass is 10.2. The summed E-state index contributed by atoms with van der Waals surface area (Å²) in [4.78, 5) is 16.8. The number of benzene rings is 2. The van der Waals surface area contributed by atoms with Crippen molar-refractivity contribution in [1.82, 2.24) is 4.98 Å². The fraction of sp³-hybridized carbons (Fsp3) is 0.238. The Morgan fingerprint density at radius 2 is 2.00 bits per heavy atom. The Kier molecular flexibility index (Phi) is 5.64. The number of carbonyl (C=O) groups excluding carboxylic acids is 1. The summed E-state index contributed by atoms with van der Waals surface area (Å²) in [6.45, 7) is 1.32. The van der Waals surface area contributed by atoms with Crippen LogP contribution in [0.25, 0.3) is 11.3 Å². The highest BCUT2D eigenvalue weighted by atomic mass is 32.1. The Bertz CT molecular complexity index is 935. The summed E-state index contributed by atoms with van der Waals surface area (Å²) in [5.74, 6) is 0.168. The molecule has 0 saturated carbocycles. The van der Waals surface area contributed by atoms with Gasteiger partial charge in [-0.2, -0.15) is 0 Å². The van der Waals surface area contributed by atoms with E-state index in [-0.39, 0.29) is 17.8 Å². The molecule has 3 aromatic rings. The third kappa shape index (κ3) is 4.55. The maximum absolute atomic E-state index is 13.0. The number of hydrogen-bond acceptors (Lipinski definition) is 5. The van der Waals surface area contributed by atoms with Gasteiger partial charge in [-0.05, 0) is 61.4 Å². The molecule has 1 saturated heterocycles. The molecule has 0 radical (unpaired) electrons. The Labute approximate surface area is 166 Å². The molecule has 1 aromatic heterocycles. The van der Waals surface area contributed by atoms with Crippen LogP contribution >= 0.6 is 11.3 Å². The zero-order valence-corrected chi connectivity index (χ0v) is 15.9. The molecule has 144 valence electrons. The van der Waals surface area contributed by atoms with Crippen molar-refractivity contribution in [2.75, 3.05) is 18.5 Å². The van der Waals surface area contributed by atoms with Crippen LogP contribution in [0.15, 0.2) is 53.9 Å². The predicted octanol–water partition coefficient (Wildman–Crippen LogP) is 4.76. The van der Waals surface area contributed by atoms with Crippen LogP contribution in [-0.2, 0) is 4.74 Å². The Morgan fingerprint density at radius 1 is 1.21 bits per heavy atom. The molecule has 1 fully saturated rings. The average Bonchev–Trinajstić information content (AvgIpc) is 3.39. The van der Waals surface area contributed by atoms with Crippen LogP contribution in [0.2, 0.25) is 0 Å². The second kappa shape index (κ2) is 8.50. The molecule has 1 N–H and O–H groups in total. The highest BCUT2D eigenvalue weighted by Crippen LogP contribution is 2.25. The maximum Gasteiger partial charge on any atom is 0.257 e. The number of hydrogen-bond donors (Lipinski definition) is 1. The van der Waals surface area contributed by atoms with Gasteiger partial charge in [-0.25, -0.2) is 9.37 Å². The number of aromatic nitrogens is 1. The molecule has 28 heavy (non-hydrogen) atoms. The van der Waals surface area contributed by atoms with Crippen molar-refractivity contribution in [2.24, 2.45) is 0 Å². The fourth-order valence-corrected chi connectivity index (χ4v) is 3.64. The molecular weight excluding hydrogens is 379 g/mol. The fourth-order valence-electron chi connectivity index (χ4n) is 2.92. The van der Waals surface area contributed by atoms with Gasteiger partial charge in [0.2, 0.25) is 0 Å². The number of anilines is 1. The number of halogens is 1. The third-order valence-electron chi connectivity index (χ3n) is 4.44. The minimum Gasteiger partial charge on any atom is -0.491 e. The Hall–Kier alpha value is -2.77. The van der Waals surface area contributed by atoms with Gasteiger partial charge in [0.25, 0.3) is 5.91 Å². The average molecular weight is 398 g/mol. The predicted molar refractivity (Wildman–Crippen MR) is 106 cm³/mol. The maximum atomic E-state index is 13.0. The molecule has 7 heteroatoms. The summed E-state index contributed by atoms with van der Waals surface area (Å²) < 4.78 is 24.3. The zero-order chi connectivity index (χ0) is 19.3. The first-order valence-electron chi connectivity index (χ1n) is 9.05. The summed E-state index contributed by atoms with van der Waals surface area (Å²) >= 11 is 1.32. The van der Waals surface area contributed by atoms with Crippen molar-refractivity contribution < 1.29 is 18.7 Å².